The van der Waals surface area contributed by atoms with Crippen molar-refractivity contribution in [2.24, 2.45) is 5.92 Å². The summed E-state index contributed by atoms with van der Waals surface area (Å²) < 4.78 is 4.99. The van der Waals surface area contributed by atoms with Gasteiger partial charge in [0.15, 0.2) is 6.61 Å². The van der Waals surface area contributed by atoms with Crippen molar-refractivity contribution in [2.75, 3.05) is 11.9 Å². The van der Waals surface area contributed by atoms with Gasteiger partial charge in [0.25, 0.3) is 5.91 Å². The van der Waals surface area contributed by atoms with Gasteiger partial charge in [0.2, 0.25) is 0 Å². The number of ether oxygens (including phenoxy) is 1. The van der Waals surface area contributed by atoms with E-state index < -0.39 is 11.9 Å². The van der Waals surface area contributed by atoms with Gasteiger partial charge in [-0.2, -0.15) is 5.26 Å². The van der Waals surface area contributed by atoms with Gasteiger partial charge in [0, 0.05) is 4.88 Å². The van der Waals surface area contributed by atoms with Crippen LogP contribution in [-0.2, 0) is 22.4 Å². The SMILES string of the molecule is CC1CCc2c(sc(NC(=O)COC(=O)c3cccs3)c2C#N)C1. The van der Waals surface area contributed by atoms with E-state index in [1.807, 2.05) is 0 Å². The number of nitriles is 1. The van der Waals surface area contributed by atoms with E-state index in [1.54, 1.807) is 17.5 Å². The van der Waals surface area contributed by atoms with E-state index in [1.165, 1.54) is 27.6 Å². The molecule has 1 N–H and O–H groups in total. The van der Waals surface area contributed by atoms with Crippen molar-refractivity contribution in [2.45, 2.75) is 26.2 Å². The molecule has 2 aromatic heterocycles. The highest BCUT2D eigenvalue weighted by Gasteiger charge is 2.24. The van der Waals surface area contributed by atoms with E-state index in [9.17, 15) is 14.9 Å². The fraction of sp³-hybridized carbons (Fsp3) is 0.353. The fourth-order valence-corrected chi connectivity index (χ4v) is 4.71. The molecule has 2 heterocycles. The van der Waals surface area contributed by atoms with Gasteiger partial charge in [-0.25, -0.2) is 4.79 Å². The first kappa shape index (κ1) is 16.7. The van der Waals surface area contributed by atoms with Crippen LogP contribution in [-0.4, -0.2) is 18.5 Å². The predicted molar refractivity (Wildman–Crippen MR) is 93.5 cm³/mol. The van der Waals surface area contributed by atoms with Crippen LogP contribution in [0, 0.1) is 17.2 Å². The summed E-state index contributed by atoms with van der Waals surface area (Å²) in [6, 6.07) is 5.59. The van der Waals surface area contributed by atoms with Crippen molar-refractivity contribution < 1.29 is 14.3 Å². The van der Waals surface area contributed by atoms with Crippen LogP contribution < -0.4 is 5.32 Å². The van der Waals surface area contributed by atoms with Gasteiger partial charge < -0.3 is 10.1 Å². The quantitative estimate of drug-likeness (QED) is 0.845. The van der Waals surface area contributed by atoms with Crippen LogP contribution in [0.2, 0.25) is 0 Å². The van der Waals surface area contributed by atoms with Crippen LogP contribution in [0.1, 0.15) is 39.0 Å². The highest BCUT2D eigenvalue weighted by Crippen LogP contribution is 2.39. The topological polar surface area (TPSA) is 79.2 Å². The van der Waals surface area contributed by atoms with Crippen molar-refractivity contribution in [1.82, 2.24) is 0 Å². The van der Waals surface area contributed by atoms with E-state index in [0.29, 0.717) is 21.4 Å². The summed E-state index contributed by atoms with van der Waals surface area (Å²) in [7, 11) is 0. The van der Waals surface area contributed by atoms with Crippen LogP contribution in [0.3, 0.4) is 0 Å². The molecule has 124 valence electrons. The summed E-state index contributed by atoms with van der Waals surface area (Å²) in [6.07, 6.45) is 2.88. The molecule has 1 amide bonds. The normalized spacial score (nSPS) is 16.1. The number of amides is 1. The van der Waals surface area contributed by atoms with Crippen LogP contribution in [0.4, 0.5) is 5.00 Å². The van der Waals surface area contributed by atoms with Gasteiger partial charge in [-0.05, 0) is 42.2 Å². The molecule has 0 aromatic carbocycles. The predicted octanol–water partition coefficient (Wildman–Crippen LogP) is 3.60. The zero-order chi connectivity index (χ0) is 17.1. The summed E-state index contributed by atoms with van der Waals surface area (Å²) >= 11 is 2.72. The first-order valence-corrected chi connectivity index (χ1v) is 9.33. The van der Waals surface area contributed by atoms with Gasteiger partial charge in [0.1, 0.15) is 15.9 Å². The molecular formula is C17H16N2O3S2. The lowest BCUT2D eigenvalue weighted by Crippen LogP contribution is -2.20. The van der Waals surface area contributed by atoms with Crippen molar-refractivity contribution in [3.05, 3.63) is 38.4 Å². The van der Waals surface area contributed by atoms with E-state index in [2.05, 4.69) is 18.3 Å². The number of nitrogens with zero attached hydrogens (tertiary/aromatic N) is 1. The molecule has 2 aromatic rings. The van der Waals surface area contributed by atoms with E-state index in [0.717, 1.165) is 24.8 Å². The molecule has 0 saturated heterocycles. The minimum absolute atomic E-state index is 0.361. The number of hydrogen-bond donors (Lipinski definition) is 1. The Hall–Kier alpha value is -2.17. The Morgan fingerprint density at radius 3 is 3.04 bits per heavy atom. The number of rotatable bonds is 4. The molecule has 1 unspecified atom stereocenters. The molecule has 0 bridgehead atoms. The Balaban J connectivity index is 1.64. The minimum atomic E-state index is -0.514. The van der Waals surface area contributed by atoms with Crippen molar-refractivity contribution in [3.8, 4) is 6.07 Å². The Bertz CT molecular complexity index is 803. The number of nitrogens with one attached hydrogen (secondary N) is 1. The molecule has 1 aliphatic rings. The number of anilines is 1. The Kier molecular flexibility index (Phi) is 4.97. The molecule has 0 aliphatic heterocycles. The Morgan fingerprint density at radius 1 is 1.50 bits per heavy atom. The number of esters is 1. The molecule has 0 saturated carbocycles. The molecule has 1 aliphatic carbocycles. The highest BCUT2D eigenvalue weighted by atomic mass is 32.1. The van der Waals surface area contributed by atoms with E-state index in [4.69, 9.17) is 4.74 Å². The third-order valence-corrected chi connectivity index (χ3v) is 5.95. The largest absolute Gasteiger partial charge is 0.451 e. The van der Waals surface area contributed by atoms with Gasteiger partial charge in [-0.1, -0.05) is 13.0 Å². The third kappa shape index (κ3) is 3.50. The fourth-order valence-electron chi connectivity index (χ4n) is 2.72. The van der Waals surface area contributed by atoms with Crippen molar-refractivity contribution in [3.63, 3.8) is 0 Å². The van der Waals surface area contributed by atoms with Gasteiger partial charge in [0.05, 0.1) is 5.56 Å². The first-order valence-electron chi connectivity index (χ1n) is 7.63. The maximum absolute atomic E-state index is 12.0. The molecule has 0 radical (unpaired) electrons. The molecule has 5 nitrogen and oxygen atoms in total. The molecular weight excluding hydrogens is 344 g/mol. The Labute approximate surface area is 147 Å². The second kappa shape index (κ2) is 7.16. The highest BCUT2D eigenvalue weighted by molar-refractivity contribution is 7.16. The van der Waals surface area contributed by atoms with Crippen molar-refractivity contribution >= 4 is 39.6 Å². The summed E-state index contributed by atoms with van der Waals surface area (Å²) in [4.78, 5) is 25.4. The number of hydrogen-bond acceptors (Lipinski definition) is 6. The third-order valence-electron chi connectivity index (χ3n) is 3.93. The smallest absolute Gasteiger partial charge is 0.348 e. The summed E-state index contributed by atoms with van der Waals surface area (Å²) in [5.74, 6) is -0.346. The van der Waals surface area contributed by atoms with Gasteiger partial charge in [-0.15, -0.1) is 22.7 Å². The summed E-state index contributed by atoms with van der Waals surface area (Å²) in [5, 5.41) is 14.5. The zero-order valence-corrected chi connectivity index (χ0v) is 14.8. The number of carbonyl (C=O) groups is 2. The van der Waals surface area contributed by atoms with E-state index in [-0.39, 0.29) is 6.61 Å². The van der Waals surface area contributed by atoms with E-state index >= 15 is 0 Å². The summed E-state index contributed by atoms with van der Waals surface area (Å²) in [5.41, 5.74) is 1.62. The molecule has 24 heavy (non-hydrogen) atoms. The molecule has 7 heteroatoms. The molecule has 0 spiro atoms. The van der Waals surface area contributed by atoms with Crippen LogP contribution in [0.15, 0.2) is 17.5 Å². The lowest BCUT2D eigenvalue weighted by molar-refractivity contribution is -0.119. The molecule has 3 rings (SSSR count). The number of thiophene rings is 2. The van der Waals surface area contributed by atoms with Gasteiger partial charge >= 0.3 is 5.97 Å². The van der Waals surface area contributed by atoms with Crippen LogP contribution in [0.5, 0.6) is 0 Å². The number of carbonyl (C=O) groups excluding carboxylic acids is 2. The lowest BCUT2D eigenvalue weighted by Gasteiger charge is -2.17. The first-order chi connectivity index (χ1) is 11.6. The standard InChI is InChI=1S/C17H16N2O3S2/c1-10-4-5-11-12(8-18)16(24-14(11)7-10)19-15(20)9-22-17(21)13-3-2-6-23-13/h2-3,6,10H,4-5,7,9H2,1H3,(H,19,20). The number of fused-ring (bicyclic) bond motifs is 1. The molecule has 0 fully saturated rings. The zero-order valence-electron chi connectivity index (χ0n) is 13.1. The lowest BCUT2D eigenvalue weighted by atomic mass is 9.89. The maximum Gasteiger partial charge on any atom is 0.348 e. The second-order valence-electron chi connectivity index (χ2n) is 5.77. The van der Waals surface area contributed by atoms with Crippen LogP contribution >= 0.6 is 22.7 Å². The molecule has 1 atom stereocenters. The van der Waals surface area contributed by atoms with Crippen molar-refractivity contribution in [1.29, 1.82) is 5.26 Å². The summed E-state index contributed by atoms with van der Waals surface area (Å²) in [6.45, 7) is 1.83. The van der Waals surface area contributed by atoms with Crippen LogP contribution in [0.25, 0.3) is 0 Å². The minimum Gasteiger partial charge on any atom is -0.451 e. The van der Waals surface area contributed by atoms with Gasteiger partial charge in [-0.3, -0.25) is 4.79 Å². The average molecular weight is 360 g/mol. The second-order valence-corrected chi connectivity index (χ2v) is 7.82. The maximum atomic E-state index is 12.0. The Morgan fingerprint density at radius 2 is 2.33 bits per heavy atom. The average Bonchev–Trinajstić information content (AvgIpc) is 3.19. The monoisotopic (exact) mass is 360 g/mol.